The van der Waals surface area contributed by atoms with Crippen molar-refractivity contribution in [1.82, 2.24) is 4.98 Å². The van der Waals surface area contributed by atoms with Gasteiger partial charge >= 0.3 is 0 Å². The van der Waals surface area contributed by atoms with Crippen molar-refractivity contribution in [2.24, 2.45) is 0 Å². The molecule has 1 heterocycles. The lowest BCUT2D eigenvalue weighted by molar-refractivity contribution is 0.0986. The predicted octanol–water partition coefficient (Wildman–Crippen LogP) is 4.52. The minimum atomic E-state index is -0.180. The number of methoxy groups -OCH3 is 1. The second-order valence-corrected chi connectivity index (χ2v) is 7.12. The molecular formula is C18H19ClN2O2S. The minimum absolute atomic E-state index is 0.180. The number of halogens is 1. The molecule has 0 spiro atoms. The highest BCUT2D eigenvalue weighted by Crippen LogP contribution is 2.33. The van der Waals surface area contributed by atoms with Crippen LogP contribution in [0.1, 0.15) is 33.8 Å². The second-order valence-electron chi connectivity index (χ2n) is 5.62. The molecule has 1 amide bonds. The fraction of sp³-hybridized carbons (Fsp3) is 0.333. The molecule has 0 radical (unpaired) electrons. The number of carbonyl (C=O) groups excluding carboxylic acids is 1. The minimum Gasteiger partial charge on any atom is -0.496 e. The van der Waals surface area contributed by atoms with Gasteiger partial charge in [0.1, 0.15) is 5.75 Å². The summed E-state index contributed by atoms with van der Waals surface area (Å²) in [6.45, 7) is 4.16. The lowest BCUT2D eigenvalue weighted by atomic mass is 10.0. The van der Waals surface area contributed by atoms with Gasteiger partial charge in [-0.2, -0.15) is 0 Å². The number of thiazole rings is 1. The van der Waals surface area contributed by atoms with E-state index in [9.17, 15) is 4.79 Å². The van der Waals surface area contributed by atoms with Gasteiger partial charge in [0.25, 0.3) is 5.91 Å². The smallest absolute Gasteiger partial charge is 0.264 e. The normalized spacial score (nSPS) is 13.2. The van der Waals surface area contributed by atoms with Crippen molar-refractivity contribution in [3.05, 3.63) is 52.0 Å². The number of anilines is 1. The van der Waals surface area contributed by atoms with Gasteiger partial charge in [0, 0.05) is 16.4 Å². The van der Waals surface area contributed by atoms with Crippen LogP contribution >= 0.6 is 22.9 Å². The third kappa shape index (κ3) is 3.32. The molecule has 0 fully saturated rings. The monoisotopic (exact) mass is 362 g/mol. The number of fused-ring (bicyclic) bond motifs is 1. The maximum Gasteiger partial charge on any atom is 0.264 e. The number of amides is 1. The van der Waals surface area contributed by atoms with Crippen molar-refractivity contribution in [3.63, 3.8) is 0 Å². The topological polar surface area (TPSA) is 42.4 Å². The Labute approximate surface area is 150 Å². The Hall–Kier alpha value is -1.85. The van der Waals surface area contributed by atoms with Gasteiger partial charge in [0.2, 0.25) is 0 Å². The first kappa shape index (κ1) is 17.0. The van der Waals surface area contributed by atoms with E-state index in [1.807, 2.05) is 0 Å². The number of rotatable bonds is 5. The van der Waals surface area contributed by atoms with Gasteiger partial charge in [-0.1, -0.05) is 17.7 Å². The van der Waals surface area contributed by atoms with Crippen molar-refractivity contribution < 1.29 is 9.53 Å². The molecule has 24 heavy (non-hydrogen) atoms. The molecule has 3 rings (SSSR count). The molecule has 0 N–H and O–H groups in total. The third-order valence-corrected chi connectivity index (χ3v) is 5.43. The number of carbonyl (C=O) groups is 1. The molecule has 1 aliphatic rings. The van der Waals surface area contributed by atoms with Crippen LogP contribution in [-0.4, -0.2) is 24.5 Å². The zero-order valence-electron chi connectivity index (χ0n) is 13.5. The van der Waals surface area contributed by atoms with Crippen LogP contribution in [0, 0.1) is 0 Å². The predicted molar refractivity (Wildman–Crippen MR) is 98.6 cm³/mol. The summed E-state index contributed by atoms with van der Waals surface area (Å²) in [6.07, 6.45) is 6.08. The number of benzene rings is 1. The lowest BCUT2D eigenvalue weighted by Gasteiger charge is -2.19. The van der Waals surface area contributed by atoms with Gasteiger partial charge < -0.3 is 4.74 Å². The number of ether oxygens (including phenoxy) is 1. The summed E-state index contributed by atoms with van der Waals surface area (Å²) in [5, 5.41) is 1.21. The number of hydrogen-bond acceptors (Lipinski definition) is 4. The number of hydrogen-bond donors (Lipinski definition) is 0. The van der Waals surface area contributed by atoms with Crippen molar-refractivity contribution >= 4 is 34.0 Å². The van der Waals surface area contributed by atoms with Crippen LogP contribution < -0.4 is 9.64 Å². The highest BCUT2D eigenvalue weighted by molar-refractivity contribution is 7.16. The average Bonchev–Trinajstić information content (AvgIpc) is 3.02. The average molecular weight is 363 g/mol. The first-order valence-corrected chi connectivity index (χ1v) is 9.08. The first-order valence-electron chi connectivity index (χ1n) is 7.89. The Morgan fingerprint density at radius 1 is 1.46 bits per heavy atom. The molecule has 6 heteroatoms. The summed E-state index contributed by atoms with van der Waals surface area (Å²) in [5.74, 6) is 0.320. The van der Waals surface area contributed by atoms with E-state index in [2.05, 4.69) is 6.58 Å². The van der Waals surface area contributed by atoms with E-state index in [4.69, 9.17) is 21.3 Å². The van der Waals surface area contributed by atoms with E-state index < -0.39 is 0 Å². The molecule has 1 aliphatic carbocycles. The first-order chi connectivity index (χ1) is 11.6. The number of aromatic nitrogens is 1. The molecule has 0 saturated heterocycles. The van der Waals surface area contributed by atoms with Crippen molar-refractivity contribution in [1.29, 1.82) is 0 Å². The SMILES string of the molecule is C=CCN(C(=O)c1cc(Cl)ccc1OC)c1nc2c(s1)CCCC2. The maximum absolute atomic E-state index is 13.1. The Bertz CT molecular complexity index is 749. The standard InChI is InChI=1S/C18H19ClN2O2S/c1-3-10-21(18-20-14-6-4-5-7-16(14)24-18)17(22)13-11-12(19)8-9-15(13)23-2/h3,8-9,11H,1,4-7,10H2,2H3. The zero-order valence-corrected chi connectivity index (χ0v) is 15.1. The molecule has 1 aromatic carbocycles. The fourth-order valence-corrected chi connectivity index (χ4v) is 4.15. The molecule has 0 unspecified atom stereocenters. The molecular weight excluding hydrogens is 344 g/mol. The van der Waals surface area contributed by atoms with Gasteiger partial charge in [0.15, 0.2) is 5.13 Å². The largest absolute Gasteiger partial charge is 0.496 e. The van der Waals surface area contributed by atoms with E-state index in [0.29, 0.717) is 28.0 Å². The fourth-order valence-electron chi connectivity index (χ4n) is 2.82. The molecule has 1 aromatic heterocycles. The summed E-state index contributed by atoms with van der Waals surface area (Å²) in [6, 6.07) is 5.04. The summed E-state index contributed by atoms with van der Waals surface area (Å²) in [4.78, 5) is 20.7. The summed E-state index contributed by atoms with van der Waals surface area (Å²) < 4.78 is 5.32. The van der Waals surface area contributed by atoms with Crippen molar-refractivity contribution in [2.45, 2.75) is 25.7 Å². The Morgan fingerprint density at radius 3 is 2.96 bits per heavy atom. The maximum atomic E-state index is 13.1. The number of nitrogens with zero attached hydrogens (tertiary/aromatic N) is 2. The van der Waals surface area contributed by atoms with Gasteiger partial charge in [-0.25, -0.2) is 4.98 Å². The van der Waals surface area contributed by atoms with Crippen LogP contribution in [0.4, 0.5) is 5.13 Å². The molecule has 2 aromatic rings. The van der Waals surface area contributed by atoms with Crippen molar-refractivity contribution in [3.8, 4) is 5.75 Å². The van der Waals surface area contributed by atoms with Gasteiger partial charge in [0.05, 0.1) is 18.4 Å². The van der Waals surface area contributed by atoms with E-state index in [1.54, 1.807) is 47.6 Å². The summed E-state index contributed by atoms with van der Waals surface area (Å²) in [5.41, 5.74) is 1.56. The van der Waals surface area contributed by atoms with Gasteiger partial charge in [-0.15, -0.1) is 17.9 Å². The van der Waals surface area contributed by atoms with Crippen LogP contribution in [-0.2, 0) is 12.8 Å². The van der Waals surface area contributed by atoms with Crippen LogP contribution in [0.25, 0.3) is 0 Å². The molecule has 0 bridgehead atoms. The molecule has 0 saturated carbocycles. The Morgan fingerprint density at radius 2 is 2.25 bits per heavy atom. The van der Waals surface area contributed by atoms with E-state index >= 15 is 0 Å². The summed E-state index contributed by atoms with van der Waals surface area (Å²) >= 11 is 7.67. The Balaban J connectivity index is 1.99. The van der Waals surface area contributed by atoms with Crippen LogP contribution in [0.2, 0.25) is 5.02 Å². The van der Waals surface area contributed by atoms with Gasteiger partial charge in [-0.05, 0) is 43.9 Å². The Kier molecular flexibility index (Phi) is 5.21. The molecule has 0 atom stereocenters. The lowest BCUT2D eigenvalue weighted by Crippen LogP contribution is -2.31. The van der Waals surface area contributed by atoms with Crippen molar-refractivity contribution in [2.75, 3.05) is 18.6 Å². The zero-order chi connectivity index (χ0) is 17.1. The molecule has 126 valence electrons. The van der Waals surface area contributed by atoms with E-state index in [1.165, 1.54) is 11.3 Å². The quantitative estimate of drug-likeness (QED) is 0.734. The van der Waals surface area contributed by atoms with Crippen LogP contribution in [0.15, 0.2) is 30.9 Å². The van der Waals surface area contributed by atoms with Crippen LogP contribution in [0.5, 0.6) is 5.75 Å². The summed E-state index contributed by atoms with van der Waals surface area (Å²) in [7, 11) is 1.54. The molecule has 4 nitrogen and oxygen atoms in total. The van der Waals surface area contributed by atoms with E-state index in [0.717, 1.165) is 25.0 Å². The number of aryl methyl sites for hydroxylation is 2. The van der Waals surface area contributed by atoms with E-state index in [-0.39, 0.29) is 5.91 Å². The third-order valence-electron chi connectivity index (χ3n) is 4.01. The second kappa shape index (κ2) is 7.36. The molecule has 0 aliphatic heterocycles. The highest BCUT2D eigenvalue weighted by Gasteiger charge is 2.25. The van der Waals surface area contributed by atoms with Crippen LogP contribution in [0.3, 0.4) is 0 Å². The van der Waals surface area contributed by atoms with Gasteiger partial charge in [-0.3, -0.25) is 9.69 Å². The highest BCUT2D eigenvalue weighted by atomic mass is 35.5.